The number of aryl methyl sites for hydroxylation is 1. The third kappa shape index (κ3) is 4.14. The van der Waals surface area contributed by atoms with Crippen LogP contribution in [0.15, 0.2) is 35.3 Å². The Balaban J connectivity index is 1.51. The number of fused-ring (bicyclic) bond motifs is 1. The van der Waals surface area contributed by atoms with Crippen molar-refractivity contribution in [2.24, 2.45) is 0 Å². The van der Waals surface area contributed by atoms with E-state index in [4.69, 9.17) is 4.84 Å². The lowest BCUT2D eigenvalue weighted by Crippen LogP contribution is -2.29. The molecule has 1 aliphatic rings. The number of benzene rings is 1. The Morgan fingerprint density at radius 1 is 1.34 bits per heavy atom. The topological polar surface area (TPSA) is 100 Å². The van der Waals surface area contributed by atoms with E-state index in [1.807, 2.05) is 0 Å². The molecule has 166 valence electrons. The molecule has 0 aliphatic carbocycles. The van der Waals surface area contributed by atoms with E-state index >= 15 is 0 Å². The van der Waals surface area contributed by atoms with E-state index in [2.05, 4.69) is 20.3 Å². The number of carbonyl (C=O) groups excluding carboxylic acids is 1. The van der Waals surface area contributed by atoms with Gasteiger partial charge in [-0.2, -0.15) is 5.06 Å². The Morgan fingerprint density at radius 3 is 2.81 bits per heavy atom. The smallest absolute Gasteiger partial charge is 0.270 e. The van der Waals surface area contributed by atoms with Gasteiger partial charge in [-0.05, 0) is 18.6 Å². The molecule has 0 radical (unpaired) electrons. The van der Waals surface area contributed by atoms with E-state index in [1.165, 1.54) is 18.3 Å². The minimum Gasteiger partial charge on any atom is -0.355 e. The predicted molar refractivity (Wildman–Crippen MR) is 114 cm³/mol. The van der Waals surface area contributed by atoms with Crippen LogP contribution in [0.4, 0.5) is 8.78 Å². The second kappa shape index (κ2) is 8.93. The van der Waals surface area contributed by atoms with Crippen molar-refractivity contribution in [2.45, 2.75) is 19.9 Å². The van der Waals surface area contributed by atoms with Gasteiger partial charge in [0.25, 0.3) is 11.5 Å². The summed E-state index contributed by atoms with van der Waals surface area (Å²) in [7, 11) is 1.45. The van der Waals surface area contributed by atoms with Gasteiger partial charge in [-0.25, -0.2) is 13.8 Å². The van der Waals surface area contributed by atoms with Gasteiger partial charge < -0.3 is 10.3 Å². The minimum absolute atomic E-state index is 0.0384. The Kier molecular flexibility index (Phi) is 6.06. The van der Waals surface area contributed by atoms with Crippen LogP contribution in [-0.2, 0) is 17.8 Å². The van der Waals surface area contributed by atoms with Crippen LogP contribution >= 0.6 is 0 Å². The summed E-state index contributed by atoms with van der Waals surface area (Å²) in [4.78, 5) is 40.1. The Bertz CT molecular complexity index is 1290. The van der Waals surface area contributed by atoms with E-state index in [1.54, 1.807) is 25.1 Å². The van der Waals surface area contributed by atoms with E-state index in [0.29, 0.717) is 28.8 Å². The van der Waals surface area contributed by atoms with Gasteiger partial charge in [0, 0.05) is 30.9 Å². The van der Waals surface area contributed by atoms with Crippen molar-refractivity contribution >= 4 is 22.5 Å². The molecule has 1 amide bonds. The van der Waals surface area contributed by atoms with Crippen molar-refractivity contribution in [3.63, 3.8) is 0 Å². The number of hydroxylamine groups is 2. The van der Waals surface area contributed by atoms with Crippen molar-refractivity contribution in [2.75, 3.05) is 20.2 Å². The summed E-state index contributed by atoms with van der Waals surface area (Å²) in [6.45, 7) is 2.24. The summed E-state index contributed by atoms with van der Waals surface area (Å²) in [5.41, 5.74) is 1.46. The summed E-state index contributed by atoms with van der Waals surface area (Å²) in [6.07, 6.45) is 3.49. The van der Waals surface area contributed by atoms with Gasteiger partial charge in [0.15, 0.2) is 5.82 Å². The number of halogens is 2. The highest BCUT2D eigenvalue weighted by Gasteiger charge is 2.21. The quantitative estimate of drug-likeness (QED) is 0.631. The molecular weight excluding hydrogens is 420 g/mol. The highest BCUT2D eigenvalue weighted by molar-refractivity contribution is 5.93. The van der Waals surface area contributed by atoms with Crippen LogP contribution in [0, 0.1) is 11.6 Å². The number of pyridine rings is 1. The predicted octanol–water partition coefficient (Wildman–Crippen LogP) is 2.35. The number of carbonyl (C=O) groups is 1. The zero-order valence-corrected chi connectivity index (χ0v) is 17.5. The molecule has 0 atom stereocenters. The number of nitrogens with one attached hydrogen (secondary N) is 2. The van der Waals surface area contributed by atoms with Gasteiger partial charge in [-0.15, -0.1) is 0 Å². The summed E-state index contributed by atoms with van der Waals surface area (Å²) in [5, 5.41) is 3.94. The maximum Gasteiger partial charge on any atom is 0.270 e. The average molecular weight is 441 g/mol. The zero-order valence-electron chi connectivity index (χ0n) is 17.5. The molecule has 2 N–H and O–H groups in total. The summed E-state index contributed by atoms with van der Waals surface area (Å²) >= 11 is 0. The van der Waals surface area contributed by atoms with Gasteiger partial charge in [-0.1, -0.05) is 19.1 Å². The van der Waals surface area contributed by atoms with Gasteiger partial charge in [0.2, 0.25) is 0 Å². The van der Waals surface area contributed by atoms with Crippen molar-refractivity contribution in [1.82, 2.24) is 25.3 Å². The Hall–Kier alpha value is -3.50. The van der Waals surface area contributed by atoms with E-state index in [-0.39, 0.29) is 36.5 Å². The van der Waals surface area contributed by atoms with Gasteiger partial charge in [0.1, 0.15) is 22.7 Å². The third-order valence-corrected chi connectivity index (χ3v) is 5.22. The number of rotatable bonds is 5. The first-order valence-electron chi connectivity index (χ1n) is 10.1. The second-order valence-corrected chi connectivity index (χ2v) is 7.26. The Morgan fingerprint density at radius 2 is 2.16 bits per heavy atom. The number of H-pyrrole nitrogens is 1. The largest absolute Gasteiger partial charge is 0.355 e. The molecule has 8 nitrogen and oxygen atoms in total. The number of aromatic amines is 1. The molecule has 0 unspecified atom stereocenters. The van der Waals surface area contributed by atoms with Crippen LogP contribution in [-0.4, -0.2) is 46.1 Å². The first-order chi connectivity index (χ1) is 15.4. The maximum absolute atomic E-state index is 15.0. The first-order valence-corrected chi connectivity index (χ1v) is 10.1. The summed E-state index contributed by atoms with van der Waals surface area (Å²) < 4.78 is 29.4. The van der Waals surface area contributed by atoms with Crippen LogP contribution in [0.3, 0.4) is 0 Å². The molecule has 10 heteroatoms. The zero-order chi connectivity index (χ0) is 22.8. The molecule has 0 bridgehead atoms. The SMILES string of the molecule is CCc1nc2ccc(CN3CC=C(c4ncc(C(=O)NC)cc4F)CO3)c(F)c2[nH]c1=O. The van der Waals surface area contributed by atoms with Gasteiger partial charge in [-0.3, -0.25) is 19.4 Å². The molecule has 0 spiro atoms. The number of hydrogen-bond acceptors (Lipinski definition) is 6. The normalized spacial score (nSPS) is 14.4. The minimum atomic E-state index is -0.627. The molecular formula is C22H21F2N5O3. The fraction of sp³-hybridized carbons (Fsp3) is 0.273. The van der Waals surface area contributed by atoms with Crippen LogP contribution in [0.5, 0.6) is 0 Å². The van der Waals surface area contributed by atoms with E-state index in [9.17, 15) is 18.4 Å². The van der Waals surface area contributed by atoms with Crippen molar-refractivity contribution in [1.29, 1.82) is 0 Å². The fourth-order valence-corrected chi connectivity index (χ4v) is 3.46. The van der Waals surface area contributed by atoms with Crippen LogP contribution < -0.4 is 10.9 Å². The third-order valence-electron chi connectivity index (χ3n) is 5.22. The standard InChI is InChI=1S/C22H21F2N5O3/c1-3-16-22(31)28-20-17(27-16)5-4-12(18(20)24)10-29-7-6-13(11-32-29)19-15(23)8-14(9-26-19)21(30)25-2/h4-6,8-9H,3,7,10-11H2,1-2H3,(H,25,30)(H,28,31). The molecule has 0 saturated carbocycles. The summed E-state index contributed by atoms with van der Waals surface area (Å²) in [6, 6.07) is 4.38. The highest BCUT2D eigenvalue weighted by atomic mass is 19.1. The molecule has 0 fully saturated rings. The highest BCUT2D eigenvalue weighted by Crippen LogP contribution is 2.24. The number of nitrogens with zero attached hydrogens (tertiary/aromatic N) is 3. The van der Waals surface area contributed by atoms with Gasteiger partial charge >= 0.3 is 0 Å². The van der Waals surface area contributed by atoms with Crippen LogP contribution in [0.25, 0.3) is 16.6 Å². The lowest BCUT2D eigenvalue weighted by molar-refractivity contribution is -0.151. The van der Waals surface area contributed by atoms with E-state index in [0.717, 1.165) is 6.07 Å². The number of amides is 1. The van der Waals surface area contributed by atoms with E-state index < -0.39 is 23.1 Å². The monoisotopic (exact) mass is 441 g/mol. The van der Waals surface area contributed by atoms with Crippen molar-refractivity contribution in [3.8, 4) is 0 Å². The molecule has 0 saturated heterocycles. The first kappa shape index (κ1) is 21.7. The second-order valence-electron chi connectivity index (χ2n) is 7.26. The molecule has 32 heavy (non-hydrogen) atoms. The average Bonchev–Trinajstić information content (AvgIpc) is 2.81. The van der Waals surface area contributed by atoms with Crippen LogP contribution in [0.1, 0.15) is 34.2 Å². The van der Waals surface area contributed by atoms with Crippen molar-refractivity contribution in [3.05, 3.63) is 75.0 Å². The molecule has 1 aromatic carbocycles. The van der Waals surface area contributed by atoms with Crippen molar-refractivity contribution < 1.29 is 18.4 Å². The summed E-state index contributed by atoms with van der Waals surface area (Å²) in [5.74, 6) is -1.62. The molecule has 3 aromatic rings. The van der Waals surface area contributed by atoms with Gasteiger partial charge in [0.05, 0.1) is 24.2 Å². The molecule has 2 aromatic heterocycles. The molecule has 3 heterocycles. The molecule has 1 aliphatic heterocycles. The molecule has 4 rings (SSSR count). The maximum atomic E-state index is 15.0. The lowest BCUT2D eigenvalue weighted by Gasteiger charge is -2.26. The Labute approximate surface area is 181 Å². The number of hydrogen-bond donors (Lipinski definition) is 2. The number of aromatic nitrogens is 3. The van der Waals surface area contributed by atoms with Crippen LogP contribution in [0.2, 0.25) is 0 Å². The lowest BCUT2D eigenvalue weighted by atomic mass is 10.1. The fourth-order valence-electron chi connectivity index (χ4n) is 3.46.